The molecule has 0 atom stereocenters. The lowest BCUT2D eigenvalue weighted by atomic mass is 10.2. The van der Waals surface area contributed by atoms with Crippen LogP contribution in [0, 0.1) is 0 Å². The summed E-state index contributed by atoms with van der Waals surface area (Å²) in [6.45, 7) is 0. The van der Waals surface area contributed by atoms with Gasteiger partial charge in [-0.05, 0) is 12.1 Å². The minimum atomic E-state index is -0.0896. The van der Waals surface area contributed by atoms with Gasteiger partial charge >= 0.3 is 5.69 Å². The van der Waals surface area contributed by atoms with E-state index >= 15 is 0 Å². The smallest absolute Gasteiger partial charge is 0.306 e. The van der Waals surface area contributed by atoms with E-state index in [4.69, 9.17) is 0 Å². The van der Waals surface area contributed by atoms with Crippen molar-refractivity contribution in [2.24, 2.45) is 14.1 Å². The minimum absolute atomic E-state index is 0.0896. The number of hydrogen-bond acceptors (Lipinski definition) is 2. The number of nitrogens with one attached hydrogen (secondary N) is 1. The highest BCUT2D eigenvalue weighted by Crippen LogP contribution is 2.19. The number of aryl methyl sites for hydroxylation is 2. The molecule has 0 saturated heterocycles. The van der Waals surface area contributed by atoms with Crippen LogP contribution in [0.1, 0.15) is 0 Å². The number of aromatic nitrogens is 4. The van der Waals surface area contributed by atoms with Gasteiger partial charge in [0.05, 0.1) is 22.7 Å². The number of nitrogens with zero attached hydrogens (tertiary/aromatic N) is 3. The van der Waals surface area contributed by atoms with Crippen LogP contribution in [0.3, 0.4) is 0 Å². The fraction of sp³-hybridized carbons (Fsp3) is 0.200. The molecule has 76 valence electrons. The van der Waals surface area contributed by atoms with Crippen molar-refractivity contribution in [1.82, 2.24) is 19.3 Å². The van der Waals surface area contributed by atoms with Crippen molar-refractivity contribution in [1.29, 1.82) is 0 Å². The number of fused-ring (bicyclic) bond motifs is 2. The molecule has 3 aromatic rings. The van der Waals surface area contributed by atoms with E-state index in [2.05, 4.69) is 10.1 Å². The van der Waals surface area contributed by atoms with Crippen molar-refractivity contribution in [2.45, 2.75) is 0 Å². The largest absolute Gasteiger partial charge is 0.326 e. The molecule has 0 saturated carbocycles. The first-order chi connectivity index (χ1) is 7.16. The van der Waals surface area contributed by atoms with E-state index < -0.39 is 0 Å². The maximum atomic E-state index is 11.4. The number of hydrogen-bond donors (Lipinski definition) is 1. The fourth-order valence-corrected chi connectivity index (χ4v) is 1.87. The summed E-state index contributed by atoms with van der Waals surface area (Å²) in [4.78, 5) is 14.2. The molecule has 0 bridgehead atoms. The number of H-pyrrole nitrogens is 1. The predicted octanol–water partition coefficient (Wildman–Crippen LogP) is 0.753. The molecule has 0 fully saturated rings. The van der Waals surface area contributed by atoms with Crippen LogP contribution < -0.4 is 5.69 Å². The van der Waals surface area contributed by atoms with E-state index in [1.807, 2.05) is 19.2 Å². The predicted molar refractivity (Wildman–Crippen MR) is 57.8 cm³/mol. The maximum Gasteiger partial charge on any atom is 0.326 e. The average molecular weight is 202 g/mol. The molecule has 0 aliphatic heterocycles. The van der Waals surface area contributed by atoms with E-state index in [0.29, 0.717) is 0 Å². The van der Waals surface area contributed by atoms with E-state index in [-0.39, 0.29) is 5.69 Å². The van der Waals surface area contributed by atoms with Crippen molar-refractivity contribution >= 4 is 21.9 Å². The second kappa shape index (κ2) is 2.50. The van der Waals surface area contributed by atoms with Crippen LogP contribution in [0.2, 0.25) is 0 Å². The highest BCUT2D eigenvalue weighted by molar-refractivity contribution is 5.93. The lowest BCUT2D eigenvalue weighted by molar-refractivity contribution is 0.796. The van der Waals surface area contributed by atoms with Crippen LogP contribution in [-0.4, -0.2) is 19.3 Å². The molecule has 1 aromatic carbocycles. The van der Waals surface area contributed by atoms with Gasteiger partial charge in [-0.3, -0.25) is 9.25 Å². The van der Waals surface area contributed by atoms with E-state index in [9.17, 15) is 4.79 Å². The van der Waals surface area contributed by atoms with Gasteiger partial charge in [0, 0.05) is 19.5 Å². The first-order valence-corrected chi connectivity index (χ1v) is 4.67. The monoisotopic (exact) mass is 202 g/mol. The number of aromatic amines is 1. The second-order valence-corrected chi connectivity index (χ2v) is 3.69. The quantitative estimate of drug-likeness (QED) is 0.585. The Hall–Kier alpha value is -2.04. The van der Waals surface area contributed by atoms with Gasteiger partial charge in [0.2, 0.25) is 0 Å². The molecule has 0 spiro atoms. The summed E-state index contributed by atoms with van der Waals surface area (Å²) in [7, 11) is 3.64. The molecule has 0 radical (unpaired) electrons. The molecule has 1 N–H and O–H groups in total. The molecule has 5 nitrogen and oxygen atoms in total. The Bertz CT molecular complexity index is 716. The van der Waals surface area contributed by atoms with Crippen molar-refractivity contribution in [3.63, 3.8) is 0 Å². The van der Waals surface area contributed by atoms with Gasteiger partial charge in [-0.2, -0.15) is 5.10 Å². The van der Waals surface area contributed by atoms with Crippen molar-refractivity contribution < 1.29 is 0 Å². The Labute approximate surface area is 84.9 Å². The molecule has 0 unspecified atom stereocenters. The Morgan fingerprint density at radius 1 is 1.27 bits per heavy atom. The summed E-state index contributed by atoms with van der Waals surface area (Å²) >= 11 is 0. The Balaban J connectivity index is 2.60. The van der Waals surface area contributed by atoms with Crippen molar-refractivity contribution in [3.8, 4) is 0 Å². The van der Waals surface area contributed by atoms with Gasteiger partial charge in [-0.25, -0.2) is 4.79 Å². The lowest BCUT2D eigenvalue weighted by Crippen LogP contribution is -2.11. The molecule has 0 aliphatic carbocycles. The third kappa shape index (κ3) is 0.971. The van der Waals surface area contributed by atoms with Gasteiger partial charge in [-0.1, -0.05) is 0 Å². The summed E-state index contributed by atoms with van der Waals surface area (Å²) in [5, 5.41) is 5.20. The normalized spacial score (nSPS) is 11.6. The molecule has 3 rings (SSSR count). The molecule has 15 heavy (non-hydrogen) atoms. The summed E-state index contributed by atoms with van der Waals surface area (Å²) in [6.07, 6.45) is 1.79. The molecule has 0 aliphatic rings. The zero-order chi connectivity index (χ0) is 10.6. The van der Waals surface area contributed by atoms with Crippen LogP contribution in [0.25, 0.3) is 21.9 Å². The van der Waals surface area contributed by atoms with Crippen LogP contribution >= 0.6 is 0 Å². The topological polar surface area (TPSA) is 55.6 Å². The minimum Gasteiger partial charge on any atom is -0.306 e. The standard InChI is InChI=1S/C10H10N4O/c1-13-9-4-8-6(5-11-14(8)2)3-7(9)12-10(13)15/h3-5H,1-2H3,(H,12,15). The molecular formula is C10H10N4O. The van der Waals surface area contributed by atoms with E-state index in [0.717, 1.165) is 21.9 Å². The Morgan fingerprint density at radius 3 is 2.87 bits per heavy atom. The fourth-order valence-electron chi connectivity index (χ4n) is 1.87. The van der Waals surface area contributed by atoms with Crippen LogP contribution in [0.15, 0.2) is 23.1 Å². The Kier molecular flexibility index (Phi) is 1.38. The third-order valence-corrected chi connectivity index (χ3v) is 2.77. The SMILES string of the molecule is Cn1ncc2cc3[nH]c(=O)n(C)c3cc21. The van der Waals surface area contributed by atoms with E-state index in [1.165, 1.54) is 0 Å². The summed E-state index contributed by atoms with van der Waals surface area (Å²) in [5.74, 6) is 0. The zero-order valence-corrected chi connectivity index (χ0v) is 8.48. The first kappa shape index (κ1) is 8.28. The third-order valence-electron chi connectivity index (χ3n) is 2.77. The Morgan fingerprint density at radius 2 is 2.07 bits per heavy atom. The summed E-state index contributed by atoms with van der Waals surface area (Å²) < 4.78 is 3.40. The number of imidazole rings is 1. The molecular weight excluding hydrogens is 192 g/mol. The highest BCUT2D eigenvalue weighted by atomic mass is 16.1. The molecule has 0 amide bonds. The van der Waals surface area contributed by atoms with E-state index in [1.54, 1.807) is 22.5 Å². The van der Waals surface area contributed by atoms with Gasteiger partial charge in [0.1, 0.15) is 0 Å². The average Bonchev–Trinajstić information content (AvgIpc) is 2.69. The summed E-state index contributed by atoms with van der Waals surface area (Å²) in [6, 6.07) is 3.91. The van der Waals surface area contributed by atoms with Gasteiger partial charge in [0.25, 0.3) is 0 Å². The first-order valence-electron chi connectivity index (χ1n) is 4.67. The van der Waals surface area contributed by atoms with Gasteiger partial charge < -0.3 is 4.98 Å². The van der Waals surface area contributed by atoms with Gasteiger partial charge in [0.15, 0.2) is 0 Å². The second-order valence-electron chi connectivity index (χ2n) is 3.69. The molecule has 2 aromatic heterocycles. The van der Waals surface area contributed by atoms with Crippen LogP contribution in [-0.2, 0) is 14.1 Å². The van der Waals surface area contributed by atoms with Gasteiger partial charge in [-0.15, -0.1) is 0 Å². The molecule has 2 heterocycles. The van der Waals surface area contributed by atoms with Crippen molar-refractivity contribution in [3.05, 3.63) is 28.8 Å². The number of benzene rings is 1. The summed E-state index contributed by atoms with van der Waals surface area (Å²) in [5.41, 5.74) is 2.68. The zero-order valence-electron chi connectivity index (χ0n) is 8.48. The molecule has 5 heteroatoms. The lowest BCUT2D eigenvalue weighted by Gasteiger charge is -1.96. The highest BCUT2D eigenvalue weighted by Gasteiger charge is 2.06. The van der Waals surface area contributed by atoms with Crippen molar-refractivity contribution in [2.75, 3.05) is 0 Å². The number of rotatable bonds is 0. The van der Waals surface area contributed by atoms with Crippen LogP contribution in [0.5, 0.6) is 0 Å². The maximum absolute atomic E-state index is 11.4. The van der Waals surface area contributed by atoms with Crippen LogP contribution in [0.4, 0.5) is 0 Å².